The van der Waals surface area contributed by atoms with Gasteiger partial charge in [0.15, 0.2) is 0 Å². The molecule has 0 spiro atoms. The first-order valence-corrected chi connectivity index (χ1v) is 10.2. The summed E-state index contributed by atoms with van der Waals surface area (Å²) in [5, 5.41) is 9.82. The van der Waals surface area contributed by atoms with Gasteiger partial charge in [-0.25, -0.2) is 18.4 Å². The third-order valence-electron chi connectivity index (χ3n) is 3.96. The number of hydrogen-bond acceptors (Lipinski definition) is 7. The largest absolute Gasteiger partial charge is 0.363 e. The lowest BCUT2D eigenvalue weighted by molar-refractivity contribution is 0.328. The number of anilines is 1. The molecule has 0 amide bonds. The molecular formula is C14H16N6O2S2. The molecule has 0 aliphatic carbocycles. The van der Waals surface area contributed by atoms with Gasteiger partial charge in [0.25, 0.3) is 0 Å². The Morgan fingerprint density at radius 2 is 2.21 bits per heavy atom. The Kier molecular flexibility index (Phi) is 3.74. The molecule has 3 aromatic heterocycles. The van der Waals surface area contributed by atoms with Gasteiger partial charge < -0.3 is 5.32 Å². The minimum atomic E-state index is -3.17. The Morgan fingerprint density at radius 1 is 1.33 bits per heavy atom. The zero-order chi connectivity index (χ0) is 16.7. The molecule has 0 fully saturated rings. The molecule has 1 aliphatic rings. The SMILES string of the molecule is CS(=O)(=O)N1CCn2nc(CNc3ncnc4ccsc34)cc2C1. The maximum atomic E-state index is 11.7. The molecule has 8 nitrogen and oxygen atoms in total. The lowest BCUT2D eigenvalue weighted by Crippen LogP contribution is -2.37. The summed E-state index contributed by atoms with van der Waals surface area (Å²) in [7, 11) is -3.17. The van der Waals surface area contributed by atoms with Gasteiger partial charge in [-0.05, 0) is 17.5 Å². The molecular weight excluding hydrogens is 348 g/mol. The minimum absolute atomic E-state index is 0.370. The second-order valence-electron chi connectivity index (χ2n) is 5.66. The Balaban J connectivity index is 1.51. The maximum absolute atomic E-state index is 11.7. The first-order valence-electron chi connectivity index (χ1n) is 7.43. The van der Waals surface area contributed by atoms with E-state index in [2.05, 4.69) is 20.4 Å². The fourth-order valence-electron chi connectivity index (χ4n) is 2.76. The van der Waals surface area contributed by atoms with Gasteiger partial charge in [-0.3, -0.25) is 4.68 Å². The van der Waals surface area contributed by atoms with E-state index in [1.165, 1.54) is 10.6 Å². The van der Waals surface area contributed by atoms with Gasteiger partial charge in [0.1, 0.15) is 12.1 Å². The summed E-state index contributed by atoms with van der Waals surface area (Å²) >= 11 is 1.59. The minimum Gasteiger partial charge on any atom is -0.363 e. The molecule has 0 atom stereocenters. The molecule has 4 heterocycles. The van der Waals surface area contributed by atoms with E-state index in [0.29, 0.717) is 26.2 Å². The van der Waals surface area contributed by atoms with Crippen LogP contribution in [0.4, 0.5) is 5.82 Å². The predicted octanol–water partition coefficient (Wildman–Crippen LogP) is 1.28. The number of aromatic nitrogens is 4. The van der Waals surface area contributed by atoms with Crippen molar-refractivity contribution in [3.63, 3.8) is 0 Å². The van der Waals surface area contributed by atoms with E-state index in [0.717, 1.165) is 27.4 Å². The first-order chi connectivity index (χ1) is 11.5. The van der Waals surface area contributed by atoms with Crippen LogP contribution in [-0.4, -0.2) is 45.3 Å². The molecule has 1 N–H and O–H groups in total. The van der Waals surface area contributed by atoms with Crippen LogP contribution in [0, 0.1) is 0 Å². The van der Waals surface area contributed by atoms with Crippen molar-refractivity contribution < 1.29 is 8.42 Å². The highest BCUT2D eigenvalue weighted by Crippen LogP contribution is 2.25. The molecule has 3 aromatic rings. The Hall–Kier alpha value is -2.04. The van der Waals surface area contributed by atoms with Gasteiger partial charge in [0, 0.05) is 6.54 Å². The molecule has 0 saturated carbocycles. The molecule has 0 radical (unpaired) electrons. The number of thiophene rings is 1. The van der Waals surface area contributed by atoms with Crippen molar-refractivity contribution in [2.24, 2.45) is 0 Å². The highest BCUT2D eigenvalue weighted by Gasteiger charge is 2.24. The molecule has 4 rings (SSSR count). The fraction of sp³-hybridized carbons (Fsp3) is 0.357. The van der Waals surface area contributed by atoms with Crippen LogP contribution in [0.3, 0.4) is 0 Å². The van der Waals surface area contributed by atoms with E-state index in [1.807, 2.05) is 22.2 Å². The second-order valence-corrected chi connectivity index (χ2v) is 8.56. The summed E-state index contributed by atoms with van der Waals surface area (Å²) in [5.74, 6) is 0.790. The van der Waals surface area contributed by atoms with Gasteiger partial charge in [-0.1, -0.05) is 0 Å². The van der Waals surface area contributed by atoms with Crippen molar-refractivity contribution in [1.29, 1.82) is 0 Å². The molecule has 1 aliphatic heterocycles. The summed E-state index contributed by atoms with van der Waals surface area (Å²) in [6.07, 6.45) is 2.78. The summed E-state index contributed by atoms with van der Waals surface area (Å²) in [6, 6.07) is 3.90. The lowest BCUT2D eigenvalue weighted by Gasteiger charge is -2.25. The number of hydrogen-bond donors (Lipinski definition) is 1. The van der Waals surface area contributed by atoms with E-state index in [4.69, 9.17) is 0 Å². The monoisotopic (exact) mass is 364 g/mol. The zero-order valence-corrected chi connectivity index (χ0v) is 14.6. The van der Waals surface area contributed by atoms with Crippen LogP contribution in [-0.2, 0) is 29.7 Å². The smallest absolute Gasteiger partial charge is 0.211 e. The van der Waals surface area contributed by atoms with Crippen LogP contribution < -0.4 is 5.32 Å². The number of nitrogens with zero attached hydrogens (tertiary/aromatic N) is 5. The summed E-state index contributed by atoms with van der Waals surface area (Å²) in [4.78, 5) is 8.50. The van der Waals surface area contributed by atoms with E-state index in [1.54, 1.807) is 17.7 Å². The zero-order valence-electron chi connectivity index (χ0n) is 13.0. The highest BCUT2D eigenvalue weighted by molar-refractivity contribution is 7.88. The number of fused-ring (bicyclic) bond motifs is 2. The quantitative estimate of drug-likeness (QED) is 0.749. The van der Waals surface area contributed by atoms with Gasteiger partial charge in [0.2, 0.25) is 10.0 Å². The first kappa shape index (κ1) is 15.5. The van der Waals surface area contributed by atoms with Crippen LogP contribution in [0.1, 0.15) is 11.4 Å². The van der Waals surface area contributed by atoms with Crippen LogP contribution >= 0.6 is 11.3 Å². The number of rotatable bonds is 4. The summed E-state index contributed by atoms with van der Waals surface area (Å²) in [5.41, 5.74) is 2.70. The number of nitrogens with one attached hydrogen (secondary N) is 1. The summed E-state index contributed by atoms with van der Waals surface area (Å²) < 4.78 is 27.7. The Morgan fingerprint density at radius 3 is 3.04 bits per heavy atom. The van der Waals surface area contributed by atoms with Crippen LogP contribution in [0.2, 0.25) is 0 Å². The third kappa shape index (κ3) is 2.87. The van der Waals surface area contributed by atoms with Crippen molar-refractivity contribution in [2.75, 3.05) is 18.1 Å². The molecule has 0 bridgehead atoms. The van der Waals surface area contributed by atoms with Crippen LogP contribution in [0.25, 0.3) is 10.2 Å². The van der Waals surface area contributed by atoms with Crippen molar-refractivity contribution in [3.8, 4) is 0 Å². The van der Waals surface area contributed by atoms with Gasteiger partial charge >= 0.3 is 0 Å². The molecule has 0 saturated heterocycles. The van der Waals surface area contributed by atoms with Gasteiger partial charge in [0.05, 0.1) is 47.5 Å². The molecule has 126 valence electrons. The van der Waals surface area contributed by atoms with E-state index < -0.39 is 10.0 Å². The topological polar surface area (TPSA) is 93.0 Å². The standard InChI is InChI=1S/C14H16N6O2S2/c1-24(21,22)19-3-4-20-11(8-19)6-10(18-20)7-15-14-13-12(2-5-23-13)16-9-17-14/h2,5-6,9H,3-4,7-8H2,1H3,(H,15,16,17). The normalized spacial score (nSPS) is 15.5. The molecule has 0 aromatic carbocycles. The Labute approximate surface area is 143 Å². The van der Waals surface area contributed by atoms with Crippen molar-refractivity contribution in [3.05, 3.63) is 35.2 Å². The maximum Gasteiger partial charge on any atom is 0.211 e. The van der Waals surface area contributed by atoms with Gasteiger partial charge in [-0.2, -0.15) is 9.40 Å². The molecule has 10 heteroatoms. The predicted molar refractivity (Wildman–Crippen MR) is 92.2 cm³/mol. The van der Waals surface area contributed by atoms with E-state index >= 15 is 0 Å². The van der Waals surface area contributed by atoms with Gasteiger partial charge in [-0.15, -0.1) is 11.3 Å². The molecule has 24 heavy (non-hydrogen) atoms. The van der Waals surface area contributed by atoms with Crippen molar-refractivity contribution in [1.82, 2.24) is 24.1 Å². The van der Waals surface area contributed by atoms with Crippen molar-refractivity contribution >= 4 is 37.4 Å². The molecule has 0 unspecified atom stereocenters. The fourth-order valence-corrected chi connectivity index (χ4v) is 4.35. The average molecular weight is 364 g/mol. The third-order valence-corrected chi connectivity index (χ3v) is 6.12. The highest BCUT2D eigenvalue weighted by atomic mass is 32.2. The average Bonchev–Trinajstić information content (AvgIpc) is 3.17. The van der Waals surface area contributed by atoms with Crippen molar-refractivity contribution in [2.45, 2.75) is 19.6 Å². The second kappa shape index (κ2) is 5.80. The number of sulfonamides is 1. The van der Waals surface area contributed by atoms with Crippen LogP contribution in [0.5, 0.6) is 0 Å². The Bertz CT molecular complexity index is 994. The van der Waals surface area contributed by atoms with E-state index in [-0.39, 0.29) is 0 Å². The lowest BCUT2D eigenvalue weighted by atomic mass is 10.3. The van der Waals surface area contributed by atoms with E-state index in [9.17, 15) is 8.42 Å². The van der Waals surface area contributed by atoms with Crippen LogP contribution in [0.15, 0.2) is 23.8 Å². The summed E-state index contributed by atoms with van der Waals surface area (Å²) in [6.45, 7) is 1.94.